The number of hydrogen-bond donors (Lipinski definition) is 2. The van der Waals surface area contributed by atoms with Gasteiger partial charge in [0.25, 0.3) is 0 Å². The molecule has 140 valence electrons. The molecular formula is C19H31ClN4O. The predicted octanol–water partition coefficient (Wildman–Crippen LogP) is 2.50. The monoisotopic (exact) mass is 366 g/mol. The first kappa shape index (κ1) is 20.0. The summed E-state index contributed by atoms with van der Waals surface area (Å²) >= 11 is 6.14. The minimum absolute atomic E-state index is 0.208. The number of nitrogens with one attached hydrogen (secondary N) is 2. The molecule has 1 fully saturated rings. The van der Waals surface area contributed by atoms with E-state index < -0.39 is 0 Å². The van der Waals surface area contributed by atoms with Crippen molar-refractivity contribution in [2.24, 2.45) is 4.99 Å². The Hall–Kier alpha value is -1.30. The van der Waals surface area contributed by atoms with Gasteiger partial charge in [0, 0.05) is 57.4 Å². The summed E-state index contributed by atoms with van der Waals surface area (Å²) in [5, 5.41) is 7.68. The first-order chi connectivity index (χ1) is 12.1. The Labute approximate surface area is 156 Å². The molecular weight excluding hydrogens is 336 g/mol. The van der Waals surface area contributed by atoms with Gasteiger partial charge in [-0.3, -0.25) is 4.99 Å². The normalized spacial score (nSPS) is 16.1. The fourth-order valence-electron chi connectivity index (χ4n) is 2.97. The zero-order chi connectivity index (χ0) is 18.1. The highest BCUT2D eigenvalue weighted by Gasteiger charge is 2.44. The number of nitrogens with zero attached hydrogens (tertiary/aromatic N) is 2. The molecule has 0 spiro atoms. The van der Waals surface area contributed by atoms with E-state index >= 15 is 0 Å². The number of benzene rings is 1. The van der Waals surface area contributed by atoms with Crippen LogP contribution in [0.1, 0.15) is 24.8 Å². The minimum atomic E-state index is 0.208. The van der Waals surface area contributed by atoms with Crippen LogP contribution in [-0.2, 0) is 10.2 Å². The molecule has 2 N–H and O–H groups in total. The van der Waals surface area contributed by atoms with Gasteiger partial charge in [0.15, 0.2) is 5.96 Å². The molecule has 1 aromatic rings. The molecule has 5 nitrogen and oxygen atoms in total. The van der Waals surface area contributed by atoms with Crippen molar-refractivity contribution in [3.63, 3.8) is 0 Å². The van der Waals surface area contributed by atoms with Crippen LogP contribution in [0.15, 0.2) is 29.3 Å². The average molecular weight is 367 g/mol. The van der Waals surface area contributed by atoms with Crippen LogP contribution < -0.4 is 10.6 Å². The second kappa shape index (κ2) is 10.00. The van der Waals surface area contributed by atoms with Gasteiger partial charge in [0.05, 0.1) is 0 Å². The van der Waals surface area contributed by atoms with Crippen LogP contribution in [-0.4, -0.2) is 64.9 Å². The van der Waals surface area contributed by atoms with Crippen molar-refractivity contribution < 1.29 is 4.74 Å². The number of rotatable bonds is 10. The van der Waals surface area contributed by atoms with E-state index in [0.717, 1.165) is 50.2 Å². The summed E-state index contributed by atoms with van der Waals surface area (Å²) in [7, 11) is 5.69. The lowest BCUT2D eigenvalue weighted by molar-refractivity contribution is 0.180. The molecule has 0 bridgehead atoms. The van der Waals surface area contributed by atoms with Crippen LogP contribution in [0.3, 0.4) is 0 Å². The third-order valence-corrected chi connectivity index (χ3v) is 5.02. The molecule has 2 rings (SSSR count). The Kier molecular flexibility index (Phi) is 8.00. The molecule has 0 atom stereocenters. The first-order valence-corrected chi connectivity index (χ1v) is 9.35. The SMILES string of the molecule is CN=C(NCCN(C)CCCOC)NCC1(c2cccc(Cl)c2)CC1. The Bertz CT molecular complexity index is 560. The molecule has 1 aliphatic carbocycles. The van der Waals surface area contributed by atoms with Gasteiger partial charge in [0.1, 0.15) is 0 Å². The van der Waals surface area contributed by atoms with Crippen molar-refractivity contribution >= 4 is 17.6 Å². The van der Waals surface area contributed by atoms with Gasteiger partial charge >= 0.3 is 0 Å². The van der Waals surface area contributed by atoms with E-state index in [4.69, 9.17) is 16.3 Å². The second-order valence-corrected chi connectivity index (χ2v) is 7.23. The number of methoxy groups -OCH3 is 1. The number of guanidine groups is 1. The van der Waals surface area contributed by atoms with Gasteiger partial charge in [-0.2, -0.15) is 0 Å². The van der Waals surface area contributed by atoms with Gasteiger partial charge in [0.2, 0.25) is 0 Å². The van der Waals surface area contributed by atoms with Crippen molar-refractivity contribution in [2.45, 2.75) is 24.7 Å². The van der Waals surface area contributed by atoms with Crippen molar-refractivity contribution in [1.29, 1.82) is 0 Å². The molecule has 0 heterocycles. The molecule has 0 aliphatic heterocycles. The largest absolute Gasteiger partial charge is 0.385 e. The van der Waals surface area contributed by atoms with Gasteiger partial charge in [-0.15, -0.1) is 0 Å². The summed E-state index contributed by atoms with van der Waals surface area (Å²) in [6, 6.07) is 8.22. The highest BCUT2D eigenvalue weighted by Crippen LogP contribution is 2.48. The van der Waals surface area contributed by atoms with Crippen LogP contribution in [0.5, 0.6) is 0 Å². The van der Waals surface area contributed by atoms with Crippen molar-refractivity contribution in [2.75, 3.05) is 54.0 Å². The maximum atomic E-state index is 6.14. The number of halogens is 1. The summed E-state index contributed by atoms with van der Waals surface area (Å²) < 4.78 is 5.09. The summed E-state index contributed by atoms with van der Waals surface area (Å²) in [5.41, 5.74) is 1.53. The highest BCUT2D eigenvalue weighted by molar-refractivity contribution is 6.30. The Morgan fingerprint density at radius 3 is 2.76 bits per heavy atom. The Balaban J connectivity index is 1.72. The molecule has 1 aromatic carbocycles. The molecule has 0 saturated heterocycles. The summed E-state index contributed by atoms with van der Waals surface area (Å²) in [4.78, 5) is 6.63. The molecule has 25 heavy (non-hydrogen) atoms. The molecule has 0 radical (unpaired) electrons. The minimum Gasteiger partial charge on any atom is -0.385 e. The predicted molar refractivity (Wildman–Crippen MR) is 106 cm³/mol. The lowest BCUT2D eigenvalue weighted by Gasteiger charge is -2.21. The second-order valence-electron chi connectivity index (χ2n) is 6.79. The maximum absolute atomic E-state index is 6.14. The third-order valence-electron chi connectivity index (χ3n) is 4.78. The molecule has 6 heteroatoms. The maximum Gasteiger partial charge on any atom is 0.191 e. The van der Waals surface area contributed by atoms with E-state index in [-0.39, 0.29) is 5.41 Å². The smallest absolute Gasteiger partial charge is 0.191 e. The lowest BCUT2D eigenvalue weighted by Crippen LogP contribution is -2.43. The van der Waals surface area contributed by atoms with Crippen LogP contribution in [0.25, 0.3) is 0 Å². The lowest BCUT2D eigenvalue weighted by atomic mass is 9.96. The Morgan fingerprint density at radius 2 is 2.12 bits per heavy atom. The van der Waals surface area contributed by atoms with Crippen LogP contribution in [0.4, 0.5) is 0 Å². The first-order valence-electron chi connectivity index (χ1n) is 8.98. The summed E-state index contributed by atoms with van der Waals surface area (Å²) in [5.74, 6) is 0.860. The fourth-order valence-corrected chi connectivity index (χ4v) is 3.16. The van der Waals surface area contributed by atoms with E-state index in [9.17, 15) is 0 Å². The molecule has 0 amide bonds. The molecule has 0 unspecified atom stereocenters. The topological polar surface area (TPSA) is 48.9 Å². The van der Waals surface area contributed by atoms with Crippen LogP contribution in [0.2, 0.25) is 5.02 Å². The number of ether oxygens (including phenoxy) is 1. The highest BCUT2D eigenvalue weighted by atomic mass is 35.5. The average Bonchev–Trinajstić information content (AvgIpc) is 3.39. The van der Waals surface area contributed by atoms with Crippen LogP contribution in [0, 0.1) is 0 Å². The van der Waals surface area contributed by atoms with Crippen LogP contribution >= 0.6 is 11.6 Å². The molecule has 1 aliphatic rings. The third kappa shape index (κ3) is 6.49. The van der Waals surface area contributed by atoms with E-state index in [0.29, 0.717) is 0 Å². The van der Waals surface area contributed by atoms with Crippen molar-refractivity contribution in [3.05, 3.63) is 34.9 Å². The van der Waals surface area contributed by atoms with Crippen molar-refractivity contribution in [3.8, 4) is 0 Å². The fraction of sp³-hybridized carbons (Fsp3) is 0.632. The number of aliphatic imine (C=N–C) groups is 1. The summed E-state index contributed by atoms with van der Waals surface area (Å²) in [6.45, 7) is 4.58. The number of likely N-dealkylation sites (N-methyl/N-ethyl adjacent to an activating group) is 1. The van der Waals surface area contributed by atoms with E-state index in [1.165, 1.54) is 18.4 Å². The van der Waals surface area contributed by atoms with E-state index in [1.54, 1.807) is 7.11 Å². The molecule has 0 aromatic heterocycles. The Morgan fingerprint density at radius 1 is 1.32 bits per heavy atom. The molecule has 1 saturated carbocycles. The van der Waals surface area contributed by atoms with Gasteiger partial charge in [-0.05, 0) is 44.0 Å². The quantitative estimate of drug-likeness (QED) is 0.379. The van der Waals surface area contributed by atoms with Crippen molar-refractivity contribution in [1.82, 2.24) is 15.5 Å². The van der Waals surface area contributed by atoms with E-state index in [2.05, 4.69) is 39.7 Å². The van der Waals surface area contributed by atoms with E-state index in [1.807, 2.05) is 19.2 Å². The zero-order valence-electron chi connectivity index (χ0n) is 15.6. The van der Waals surface area contributed by atoms with Gasteiger partial charge in [-0.25, -0.2) is 0 Å². The standard InChI is InChI=1S/C19H31ClN4O/c1-21-18(22-10-12-24(2)11-5-13-25-3)23-15-19(8-9-19)16-6-4-7-17(20)14-16/h4,6-7,14H,5,8-13,15H2,1-3H3,(H2,21,22,23). The van der Waals surface area contributed by atoms with Gasteiger partial charge in [-0.1, -0.05) is 23.7 Å². The zero-order valence-corrected chi connectivity index (χ0v) is 16.4. The number of hydrogen-bond acceptors (Lipinski definition) is 3. The summed E-state index contributed by atoms with van der Waals surface area (Å²) in [6.07, 6.45) is 3.45. The van der Waals surface area contributed by atoms with Gasteiger partial charge < -0.3 is 20.3 Å².